The molecule has 0 aromatic carbocycles. The molecule has 0 saturated carbocycles. The maximum Gasteiger partial charge on any atom is 0.0524 e. The van der Waals surface area contributed by atoms with Crippen molar-refractivity contribution in [3.05, 3.63) is 12.7 Å². The molecule has 0 aliphatic heterocycles. The van der Waals surface area contributed by atoms with E-state index < -0.39 is 0 Å². The molecule has 0 fully saturated rings. The van der Waals surface area contributed by atoms with Crippen molar-refractivity contribution in [1.29, 1.82) is 0 Å². The van der Waals surface area contributed by atoms with E-state index in [1.165, 1.54) is 0 Å². The van der Waals surface area contributed by atoms with Crippen molar-refractivity contribution in [2.24, 2.45) is 0 Å². The van der Waals surface area contributed by atoms with E-state index in [1.807, 2.05) is 0 Å². The number of halogens is 2. The van der Waals surface area contributed by atoms with Gasteiger partial charge in [-0.15, -0.1) is 29.8 Å². The molecule has 0 bridgehead atoms. The summed E-state index contributed by atoms with van der Waals surface area (Å²) in [6, 6.07) is 0. The van der Waals surface area contributed by atoms with Gasteiger partial charge in [-0.2, -0.15) is 0 Å². The van der Waals surface area contributed by atoms with E-state index >= 15 is 0 Å². The highest BCUT2D eigenvalue weighted by atomic mass is 35.5. The van der Waals surface area contributed by atoms with Crippen LogP contribution in [0.1, 0.15) is 6.42 Å². The highest BCUT2D eigenvalue weighted by Crippen LogP contribution is 2.02. The molecule has 0 aliphatic carbocycles. The molecule has 0 nitrogen and oxygen atoms in total. The van der Waals surface area contributed by atoms with Gasteiger partial charge >= 0.3 is 0 Å². The Morgan fingerprint density at radius 3 is 2.43 bits per heavy atom. The standard InChI is InChI=1S/C5H8Cl2/c1-2-5(7)3-4-6/h2,5H,1,3-4H2. The van der Waals surface area contributed by atoms with Gasteiger partial charge in [-0.3, -0.25) is 0 Å². The number of hydrogen-bond acceptors (Lipinski definition) is 0. The van der Waals surface area contributed by atoms with Gasteiger partial charge in [-0.05, 0) is 6.42 Å². The van der Waals surface area contributed by atoms with Crippen LogP contribution in [0.3, 0.4) is 0 Å². The third-order valence-corrected chi connectivity index (χ3v) is 1.26. The SMILES string of the molecule is C=CC(Cl)CCCl. The van der Waals surface area contributed by atoms with Gasteiger partial charge in [-0.1, -0.05) is 6.08 Å². The fourth-order valence-corrected chi connectivity index (χ4v) is 0.678. The van der Waals surface area contributed by atoms with E-state index in [0.717, 1.165) is 6.42 Å². The van der Waals surface area contributed by atoms with Crippen LogP contribution in [-0.2, 0) is 0 Å². The number of hydrogen-bond donors (Lipinski definition) is 0. The molecule has 0 radical (unpaired) electrons. The lowest BCUT2D eigenvalue weighted by atomic mass is 10.3. The Bertz CT molecular complexity index is 52.0. The third kappa shape index (κ3) is 4.17. The lowest BCUT2D eigenvalue weighted by molar-refractivity contribution is 0.977. The molecule has 42 valence electrons. The van der Waals surface area contributed by atoms with E-state index in [0.29, 0.717) is 5.88 Å². The van der Waals surface area contributed by atoms with E-state index in [1.54, 1.807) is 6.08 Å². The Morgan fingerprint density at radius 2 is 2.29 bits per heavy atom. The second-order valence-corrected chi connectivity index (χ2v) is 2.17. The Morgan fingerprint density at radius 1 is 1.71 bits per heavy atom. The van der Waals surface area contributed by atoms with Gasteiger partial charge in [0.15, 0.2) is 0 Å². The molecule has 1 atom stereocenters. The zero-order valence-corrected chi connectivity index (χ0v) is 5.54. The molecule has 0 rings (SSSR count). The van der Waals surface area contributed by atoms with Crippen molar-refractivity contribution in [2.45, 2.75) is 11.8 Å². The summed E-state index contributed by atoms with van der Waals surface area (Å²) in [5, 5.41) is 0.0532. The minimum Gasteiger partial charge on any atom is -0.127 e. The van der Waals surface area contributed by atoms with Crippen molar-refractivity contribution < 1.29 is 0 Å². The predicted molar refractivity (Wildman–Crippen MR) is 35.2 cm³/mol. The quantitative estimate of drug-likeness (QED) is 0.416. The van der Waals surface area contributed by atoms with E-state index in [-0.39, 0.29) is 5.38 Å². The fourth-order valence-electron chi connectivity index (χ4n) is 0.222. The zero-order chi connectivity index (χ0) is 5.70. The normalized spacial score (nSPS) is 13.4. The first kappa shape index (κ1) is 7.32. The highest BCUT2D eigenvalue weighted by Gasteiger charge is 1.93. The van der Waals surface area contributed by atoms with Crippen molar-refractivity contribution in [2.75, 3.05) is 5.88 Å². The Hall–Kier alpha value is 0.320. The summed E-state index contributed by atoms with van der Waals surface area (Å²) in [5.41, 5.74) is 0. The van der Waals surface area contributed by atoms with Crippen LogP contribution < -0.4 is 0 Å². The summed E-state index contributed by atoms with van der Waals surface area (Å²) in [5.74, 6) is 0.611. The summed E-state index contributed by atoms with van der Waals surface area (Å²) in [6.07, 6.45) is 2.50. The topological polar surface area (TPSA) is 0 Å². The van der Waals surface area contributed by atoms with E-state index in [9.17, 15) is 0 Å². The van der Waals surface area contributed by atoms with Crippen molar-refractivity contribution in [3.63, 3.8) is 0 Å². The minimum absolute atomic E-state index is 0.0532. The average Bonchev–Trinajstić information content (AvgIpc) is 1.68. The molecular formula is C5H8Cl2. The van der Waals surface area contributed by atoms with E-state index in [2.05, 4.69) is 6.58 Å². The van der Waals surface area contributed by atoms with Gasteiger partial charge in [0, 0.05) is 5.88 Å². The lowest BCUT2D eigenvalue weighted by Crippen LogP contribution is -1.91. The van der Waals surface area contributed by atoms with Crippen LogP contribution in [0.15, 0.2) is 12.7 Å². The first-order chi connectivity index (χ1) is 3.31. The fraction of sp³-hybridized carbons (Fsp3) is 0.600. The summed E-state index contributed by atoms with van der Waals surface area (Å²) in [4.78, 5) is 0. The van der Waals surface area contributed by atoms with Crippen LogP contribution in [0.25, 0.3) is 0 Å². The molecule has 0 saturated heterocycles. The molecule has 7 heavy (non-hydrogen) atoms. The van der Waals surface area contributed by atoms with Crippen LogP contribution in [0.4, 0.5) is 0 Å². The molecule has 1 unspecified atom stereocenters. The summed E-state index contributed by atoms with van der Waals surface area (Å²) in [6.45, 7) is 3.49. The number of alkyl halides is 2. The predicted octanol–water partition coefficient (Wildman–Crippen LogP) is 2.41. The third-order valence-electron chi connectivity index (χ3n) is 0.641. The maximum absolute atomic E-state index is 5.56. The van der Waals surface area contributed by atoms with Crippen LogP contribution in [0, 0.1) is 0 Å². The number of allylic oxidation sites excluding steroid dienone is 1. The molecule has 0 amide bonds. The zero-order valence-electron chi connectivity index (χ0n) is 4.03. The van der Waals surface area contributed by atoms with Gasteiger partial charge in [0.2, 0.25) is 0 Å². The monoisotopic (exact) mass is 138 g/mol. The molecule has 0 spiro atoms. The second kappa shape index (κ2) is 4.48. The van der Waals surface area contributed by atoms with E-state index in [4.69, 9.17) is 23.2 Å². The van der Waals surface area contributed by atoms with Crippen molar-refractivity contribution >= 4 is 23.2 Å². The average molecular weight is 139 g/mol. The van der Waals surface area contributed by atoms with Crippen LogP contribution >= 0.6 is 23.2 Å². The minimum atomic E-state index is 0.0532. The summed E-state index contributed by atoms with van der Waals surface area (Å²) < 4.78 is 0. The first-order valence-electron chi connectivity index (χ1n) is 2.14. The second-order valence-electron chi connectivity index (χ2n) is 1.23. The van der Waals surface area contributed by atoms with Gasteiger partial charge < -0.3 is 0 Å². The van der Waals surface area contributed by atoms with Crippen LogP contribution in [0.5, 0.6) is 0 Å². The Labute approximate surface area is 54.1 Å². The van der Waals surface area contributed by atoms with Gasteiger partial charge in [0.25, 0.3) is 0 Å². The van der Waals surface area contributed by atoms with Gasteiger partial charge in [0.05, 0.1) is 5.38 Å². The molecule has 0 aromatic rings. The van der Waals surface area contributed by atoms with Crippen molar-refractivity contribution in [3.8, 4) is 0 Å². The molecule has 0 N–H and O–H groups in total. The lowest BCUT2D eigenvalue weighted by Gasteiger charge is -1.94. The molecule has 2 heteroatoms. The Kier molecular flexibility index (Phi) is 4.68. The van der Waals surface area contributed by atoms with Gasteiger partial charge in [-0.25, -0.2) is 0 Å². The molecule has 0 aromatic heterocycles. The maximum atomic E-state index is 5.56. The summed E-state index contributed by atoms with van der Waals surface area (Å²) in [7, 11) is 0. The summed E-state index contributed by atoms with van der Waals surface area (Å²) >= 11 is 10.9. The first-order valence-corrected chi connectivity index (χ1v) is 3.11. The molecule has 0 heterocycles. The highest BCUT2D eigenvalue weighted by molar-refractivity contribution is 6.23. The molecule has 0 aliphatic rings. The largest absolute Gasteiger partial charge is 0.127 e. The smallest absolute Gasteiger partial charge is 0.0524 e. The number of rotatable bonds is 3. The molecular weight excluding hydrogens is 131 g/mol. The Balaban J connectivity index is 2.98. The van der Waals surface area contributed by atoms with Crippen LogP contribution in [-0.4, -0.2) is 11.3 Å². The van der Waals surface area contributed by atoms with Crippen molar-refractivity contribution in [1.82, 2.24) is 0 Å². The van der Waals surface area contributed by atoms with Crippen LogP contribution in [0.2, 0.25) is 0 Å². The van der Waals surface area contributed by atoms with Gasteiger partial charge in [0.1, 0.15) is 0 Å².